The third-order valence-corrected chi connectivity index (χ3v) is 6.62. The van der Waals surface area contributed by atoms with Crippen molar-refractivity contribution >= 4 is 23.3 Å². The zero-order valence-electron chi connectivity index (χ0n) is 12.5. The van der Waals surface area contributed by atoms with Crippen LogP contribution in [-0.2, 0) is 11.2 Å². The van der Waals surface area contributed by atoms with Gasteiger partial charge in [-0.2, -0.15) is 11.8 Å². The van der Waals surface area contributed by atoms with E-state index >= 15 is 0 Å². The standard InChI is InChI=1S/C14H24N4OS2/c1-2-11-13(21-18-17-11)12(16-15)10-3-6-19-14(9-10)4-7-20-8-5-14/h10,12,16H,2-9,15H2,1H3. The van der Waals surface area contributed by atoms with Crippen molar-refractivity contribution in [2.75, 3.05) is 18.1 Å². The van der Waals surface area contributed by atoms with Gasteiger partial charge in [-0.1, -0.05) is 11.4 Å². The number of nitrogens with zero attached hydrogens (tertiary/aromatic N) is 2. The van der Waals surface area contributed by atoms with Crippen LogP contribution in [0.3, 0.4) is 0 Å². The van der Waals surface area contributed by atoms with Crippen molar-refractivity contribution in [3.63, 3.8) is 0 Å². The predicted octanol–water partition coefficient (Wildman–Crippen LogP) is 2.30. The number of hydrogen-bond donors (Lipinski definition) is 2. The Labute approximate surface area is 134 Å². The minimum Gasteiger partial charge on any atom is -0.375 e. The fourth-order valence-corrected chi connectivity index (χ4v) is 5.69. The predicted molar refractivity (Wildman–Crippen MR) is 87.3 cm³/mol. The lowest BCUT2D eigenvalue weighted by Crippen LogP contribution is -2.46. The summed E-state index contributed by atoms with van der Waals surface area (Å²) in [5, 5.41) is 4.24. The molecule has 2 unspecified atom stereocenters. The van der Waals surface area contributed by atoms with Crippen molar-refractivity contribution < 1.29 is 4.74 Å². The van der Waals surface area contributed by atoms with Gasteiger partial charge in [-0.05, 0) is 61.1 Å². The summed E-state index contributed by atoms with van der Waals surface area (Å²) >= 11 is 3.53. The highest BCUT2D eigenvalue weighted by Gasteiger charge is 2.42. The van der Waals surface area contributed by atoms with E-state index < -0.39 is 0 Å². The minimum atomic E-state index is 0.0910. The molecule has 0 radical (unpaired) electrons. The molecule has 0 aromatic carbocycles. The van der Waals surface area contributed by atoms with Crippen LogP contribution in [0.15, 0.2) is 0 Å². The van der Waals surface area contributed by atoms with Gasteiger partial charge in [-0.15, -0.1) is 5.10 Å². The maximum atomic E-state index is 6.20. The maximum Gasteiger partial charge on any atom is 0.0801 e. The lowest BCUT2D eigenvalue weighted by molar-refractivity contribution is -0.107. The third kappa shape index (κ3) is 3.27. The zero-order chi connectivity index (χ0) is 14.7. The first-order valence-corrected chi connectivity index (χ1v) is 9.70. The first-order chi connectivity index (χ1) is 10.3. The summed E-state index contributed by atoms with van der Waals surface area (Å²) in [6, 6.07) is 0.162. The van der Waals surface area contributed by atoms with Crippen LogP contribution in [0.4, 0.5) is 0 Å². The Morgan fingerprint density at radius 2 is 2.29 bits per heavy atom. The molecule has 2 aliphatic rings. The summed E-state index contributed by atoms with van der Waals surface area (Å²) in [7, 11) is 0. The van der Waals surface area contributed by atoms with Gasteiger partial charge in [0.15, 0.2) is 0 Å². The molecule has 21 heavy (non-hydrogen) atoms. The Balaban J connectivity index is 1.77. The van der Waals surface area contributed by atoms with Crippen LogP contribution >= 0.6 is 23.3 Å². The third-order valence-electron chi connectivity index (χ3n) is 4.79. The van der Waals surface area contributed by atoms with Gasteiger partial charge >= 0.3 is 0 Å². The summed E-state index contributed by atoms with van der Waals surface area (Å²) in [5.74, 6) is 8.84. The van der Waals surface area contributed by atoms with E-state index in [1.54, 1.807) is 0 Å². The second kappa shape index (κ2) is 6.91. The molecule has 0 aliphatic carbocycles. The summed E-state index contributed by atoms with van der Waals surface area (Å²) in [4.78, 5) is 1.22. The normalized spacial score (nSPS) is 26.9. The average molecular weight is 329 g/mol. The molecule has 0 saturated carbocycles. The molecule has 2 saturated heterocycles. The highest BCUT2D eigenvalue weighted by Crippen LogP contribution is 2.44. The molecule has 1 aromatic heterocycles. The van der Waals surface area contributed by atoms with E-state index in [1.165, 1.54) is 40.8 Å². The van der Waals surface area contributed by atoms with Crippen molar-refractivity contribution in [1.82, 2.24) is 15.0 Å². The van der Waals surface area contributed by atoms with E-state index in [1.807, 2.05) is 11.8 Å². The first kappa shape index (κ1) is 15.7. The molecule has 1 spiro atoms. The van der Waals surface area contributed by atoms with Gasteiger partial charge in [0, 0.05) is 6.61 Å². The van der Waals surface area contributed by atoms with Gasteiger partial charge in [0.2, 0.25) is 0 Å². The molecule has 7 heteroatoms. The van der Waals surface area contributed by atoms with E-state index in [2.05, 4.69) is 21.9 Å². The van der Waals surface area contributed by atoms with Gasteiger partial charge < -0.3 is 4.74 Å². The fraction of sp³-hybridized carbons (Fsp3) is 0.857. The maximum absolute atomic E-state index is 6.20. The number of ether oxygens (including phenoxy) is 1. The Kier molecular flexibility index (Phi) is 5.16. The van der Waals surface area contributed by atoms with Crippen LogP contribution in [-0.4, -0.2) is 33.3 Å². The molecule has 0 bridgehead atoms. The van der Waals surface area contributed by atoms with Crippen molar-refractivity contribution in [3.05, 3.63) is 10.6 Å². The largest absolute Gasteiger partial charge is 0.375 e. The number of nitrogens with one attached hydrogen (secondary N) is 1. The number of aromatic nitrogens is 2. The highest BCUT2D eigenvalue weighted by molar-refractivity contribution is 7.99. The fourth-order valence-electron chi connectivity index (χ4n) is 3.56. The Bertz CT molecular complexity index is 456. The van der Waals surface area contributed by atoms with Crippen molar-refractivity contribution in [1.29, 1.82) is 0 Å². The SMILES string of the molecule is CCc1nnsc1C(NN)C1CCOC2(CCSCC2)C1. The molecule has 5 nitrogen and oxygen atoms in total. The molecule has 1 aromatic rings. The smallest absolute Gasteiger partial charge is 0.0801 e. The summed E-state index contributed by atoms with van der Waals surface area (Å²) < 4.78 is 10.3. The topological polar surface area (TPSA) is 73.1 Å². The lowest BCUT2D eigenvalue weighted by atomic mass is 9.78. The second-order valence-corrected chi connectivity index (χ2v) is 7.99. The number of aryl methyl sites for hydroxylation is 1. The number of rotatable bonds is 4. The van der Waals surface area contributed by atoms with Gasteiger partial charge in [0.05, 0.1) is 22.2 Å². The average Bonchev–Trinajstić information content (AvgIpc) is 2.97. The van der Waals surface area contributed by atoms with E-state index in [0.29, 0.717) is 5.92 Å². The summed E-state index contributed by atoms with van der Waals surface area (Å²) in [5.41, 5.74) is 4.22. The van der Waals surface area contributed by atoms with E-state index in [-0.39, 0.29) is 11.6 Å². The molecule has 0 amide bonds. The van der Waals surface area contributed by atoms with Crippen molar-refractivity contribution in [2.45, 2.75) is 50.7 Å². The lowest BCUT2D eigenvalue weighted by Gasteiger charge is -2.45. The molecule has 2 aliphatic heterocycles. The monoisotopic (exact) mass is 328 g/mol. The summed E-state index contributed by atoms with van der Waals surface area (Å²) in [6.45, 7) is 2.97. The van der Waals surface area contributed by atoms with Gasteiger partial charge in [-0.3, -0.25) is 11.3 Å². The van der Waals surface area contributed by atoms with Gasteiger partial charge in [0.1, 0.15) is 0 Å². The minimum absolute atomic E-state index is 0.0910. The Morgan fingerprint density at radius 3 is 3.00 bits per heavy atom. The molecular formula is C14H24N4OS2. The second-order valence-electron chi connectivity index (χ2n) is 5.98. The van der Waals surface area contributed by atoms with Crippen LogP contribution < -0.4 is 11.3 Å². The zero-order valence-corrected chi connectivity index (χ0v) is 14.1. The number of thioether (sulfide) groups is 1. The van der Waals surface area contributed by atoms with Crippen molar-refractivity contribution in [3.8, 4) is 0 Å². The molecule has 3 rings (SSSR count). The number of hydrogen-bond acceptors (Lipinski definition) is 7. The molecular weight excluding hydrogens is 304 g/mol. The van der Waals surface area contributed by atoms with Crippen LogP contribution in [0.25, 0.3) is 0 Å². The van der Waals surface area contributed by atoms with Crippen LogP contribution in [0.2, 0.25) is 0 Å². The van der Waals surface area contributed by atoms with Crippen LogP contribution in [0, 0.1) is 5.92 Å². The quantitative estimate of drug-likeness (QED) is 0.653. The number of hydrazine groups is 1. The summed E-state index contributed by atoms with van der Waals surface area (Å²) in [6.07, 6.45) is 5.42. The van der Waals surface area contributed by atoms with Crippen molar-refractivity contribution in [2.24, 2.45) is 11.8 Å². The van der Waals surface area contributed by atoms with E-state index in [0.717, 1.165) is 31.6 Å². The number of nitrogens with two attached hydrogens (primary N) is 1. The molecule has 3 N–H and O–H groups in total. The van der Waals surface area contributed by atoms with Gasteiger partial charge in [0.25, 0.3) is 0 Å². The highest BCUT2D eigenvalue weighted by atomic mass is 32.2. The molecule has 2 fully saturated rings. The Hall–Kier alpha value is -0.210. The van der Waals surface area contributed by atoms with E-state index in [4.69, 9.17) is 10.6 Å². The van der Waals surface area contributed by atoms with Crippen LogP contribution in [0.1, 0.15) is 49.2 Å². The van der Waals surface area contributed by atoms with Crippen LogP contribution in [0.5, 0.6) is 0 Å². The Morgan fingerprint density at radius 1 is 1.48 bits per heavy atom. The van der Waals surface area contributed by atoms with E-state index in [9.17, 15) is 0 Å². The first-order valence-electron chi connectivity index (χ1n) is 7.77. The molecule has 2 atom stereocenters. The van der Waals surface area contributed by atoms with Gasteiger partial charge in [-0.25, -0.2) is 0 Å². The molecule has 3 heterocycles. The molecule has 118 valence electrons.